The molecule has 1 aliphatic heterocycles. The Kier molecular flexibility index (Phi) is 8.70. The van der Waals surface area contributed by atoms with Crippen molar-refractivity contribution in [1.82, 2.24) is 19.4 Å². The minimum atomic E-state index is -0.913. The summed E-state index contributed by atoms with van der Waals surface area (Å²) in [5.74, 6) is -2.50. The van der Waals surface area contributed by atoms with Gasteiger partial charge in [0.25, 0.3) is 0 Å². The highest BCUT2D eigenvalue weighted by Gasteiger charge is 2.31. The molecular formula is C31H34F2N6O3. The Bertz CT molecular complexity index is 1690. The number of anilines is 1. The number of fused-ring (bicyclic) bond motifs is 1. The Morgan fingerprint density at radius 1 is 1.21 bits per heavy atom. The fourth-order valence-corrected chi connectivity index (χ4v) is 5.21. The van der Waals surface area contributed by atoms with Gasteiger partial charge in [-0.05, 0) is 63.3 Å². The topological polar surface area (TPSA) is 104 Å². The van der Waals surface area contributed by atoms with Gasteiger partial charge < -0.3 is 14.9 Å². The van der Waals surface area contributed by atoms with Crippen LogP contribution in [-0.4, -0.2) is 62.8 Å². The van der Waals surface area contributed by atoms with Crippen molar-refractivity contribution < 1.29 is 18.7 Å². The van der Waals surface area contributed by atoms with Crippen LogP contribution in [-0.2, 0) is 4.79 Å². The Labute approximate surface area is 242 Å². The molecule has 1 saturated heterocycles. The lowest BCUT2D eigenvalue weighted by Crippen LogP contribution is -2.54. The molecule has 9 nitrogen and oxygen atoms in total. The van der Waals surface area contributed by atoms with Crippen molar-refractivity contribution in [3.05, 3.63) is 76.4 Å². The zero-order valence-electron chi connectivity index (χ0n) is 24.4. The first-order valence-electron chi connectivity index (χ1n) is 13.6. The number of benzene rings is 1. The number of allylic oxidation sites excluding steroid dienone is 4. The summed E-state index contributed by atoms with van der Waals surface area (Å²) in [5, 5.41) is 10.7. The molecule has 4 rings (SSSR count). The number of halogens is 2. The third-order valence-corrected chi connectivity index (χ3v) is 7.41. The van der Waals surface area contributed by atoms with Crippen LogP contribution >= 0.6 is 0 Å². The molecule has 11 heteroatoms. The van der Waals surface area contributed by atoms with Crippen molar-refractivity contribution in [2.45, 2.75) is 40.7 Å². The van der Waals surface area contributed by atoms with E-state index in [1.807, 2.05) is 25.7 Å². The lowest BCUT2D eigenvalue weighted by atomic mass is 10.0. The molecule has 3 aromatic rings. The summed E-state index contributed by atoms with van der Waals surface area (Å²) in [6, 6.07) is 4.47. The minimum Gasteiger partial charge on any atom is -0.507 e. The van der Waals surface area contributed by atoms with E-state index in [1.165, 1.54) is 22.8 Å². The van der Waals surface area contributed by atoms with Crippen LogP contribution in [0.3, 0.4) is 0 Å². The van der Waals surface area contributed by atoms with Crippen molar-refractivity contribution >= 4 is 35.2 Å². The van der Waals surface area contributed by atoms with Crippen molar-refractivity contribution in [2.24, 2.45) is 10.9 Å². The lowest BCUT2D eigenvalue weighted by molar-refractivity contribution is -0.126. The summed E-state index contributed by atoms with van der Waals surface area (Å²) in [5.41, 5.74) is -0.0978. The second-order valence-corrected chi connectivity index (χ2v) is 10.4. The fraction of sp³-hybridized carbons (Fsp3) is 0.323. The molecule has 0 aliphatic carbocycles. The highest BCUT2D eigenvalue weighted by Crippen LogP contribution is 2.37. The van der Waals surface area contributed by atoms with Crippen LogP contribution in [0, 0.1) is 17.6 Å². The fourth-order valence-electron chi connectivity index (χ4n) is 5.21. The number of aromatic hydroxyl groups is 1. The molecule has 1 fully saturated rings. The number of carbonyl (C=O) groups is 1. The highest BCUT2D eigenvalue weighted by atomic mass is 19.1. The number of carbonyl (C=O) groups excluding carboxylic acids is 1. The second-order valence-electron chi connectivity index (χ2n) is 10.4. The van der Waals surface area contributed by atoms with Gasteiger partial charge >= 0.3 is 5.69 Å². The molecular weight excluding hydrogens is 542 g/mol. The third kappa shape index (κ3) is 5.34. The number of aliphatic imine (C=N–C) groups is 1. The van der Waals surface area contributed by atoms with Gasteiger partial charge in [0, 0.05) is 25.7 Å². The van der Waals surface area contributed by atoms with Gasteiger partial charge in [-0.2, -0.15) is 4.98 Å². The van der Waals surface area contributed by atoms with Gasteiger partial charge in [-0.1, -0.05) is 32.6 Å². The number of pyridine rings is 1. The summed E-state index contributed by atoms with van der Waals surface area (Å²) in [6.45, 7) is 17.5. The van der Waals surface area contributed by atoms with Gasteiger partial charge in [-0.15, -0.1) is 0 Å². The molecule has 3 heterocycles. The van der Waals surface area contributed by atoms with Crippen molar-refractivity contribution in [2.75, 3.05) is 24.5 Å². The molecule has 0 radical (unpaired) electrons. The number of nitrogens with zero attached hydrogens (tertiary/aromatic N) is 6. The molecule has 0 bridgehead atoms. The van der Waals surface area contributed by atoms with Crippen LogP contribution in [0.25, 0.3) is 28.0 Å². The smallest absolute Gasteiger partial charge is 0.355 e. The molecule has 0 saturated carbocycles. The summed E-state index contributed by atoms with van der Waals surface area (Å²) >= 11 is 0. The lowest BCUT2D eigenvalue weighted by Gasteiger charge is -2.40. The zero-order valence-corrected chi connectivity index (χ0v) is 24.4. The van der Waals surface area contributed by atoms with Crippen LogP contribution in [0.5, 0.6) is 5.75 Å². The monoisotopic (exact) mass is 576 g/mol. The number of hydrogen-bond acceptors (Lipinski definition) is 7. The van der Waals surface area contributed by atoms with Gasteiger partial charge in [0.1, 0.15) is 23.1 Å². The molecule has 1 amide bonds. The summed E-state index contributed by atoms with van der Waals surface area (Å²) in [7, 11) is 0. The summed E-state index contributed by atoms with van der Waals surface area (Å²) < 4.78 is 32.0. The number of phenols is 1. The Morgan fingerprint density at radius 2 is 1.93 bits per heavy atom. The summed E-state index contributed by atoms with van der Waals surface area (Å²) in [4.78, 5) is 42.8. The van der Waals surface area contributed by atoms with E-state index >= 15 is 4.39 Å². The van der Waals surface area contributed by atoms with Gasteiger partial charge in [-0.3, -0.25) is 9.79 Å². The van der Waals surface area contributed by atoms with Crippen LogP contribution in [0.1, 0.15) is 34.6 Å². The van der Waals surface area contributed by atoms with Gasteiger partial charge in [0.15, 0.2) is 11.5 Å². The molecule has 42 heavy (non-hydrogen) atoms. The number of piperazine rings is 1. The van der Waals surface area contributed by atoms with E-state index in [-0.39, 0.29) is 34.7 Å². The Balaban J connectivity index is 2.12. The van der Waals surface area contributed by atoms with E-state index in [0.717, 1.165) is 12.1 Å². The zero-order chi connectivity index (χ0) is 30.9. The van der Waals surface area contributed by atoms with E-state index in [0.29, 0.717) is 36.6 Å². The van der Waals surface area contributed by atoms with E-state index in [2.05, 4.69) is 28.3 Å². The quantitative estimate of drug-likeness (QED) is 0.237. The summed E-state index contributed by atoms with van der Waals surface area (Å²) in [6.07, 6.45) is 3.04. The Morgan fingerprint density at radius 3 is 2.50 bits per heavy atom. The van der Waals surface area contributed by atoms with Crippen LogP contribution < -0.4 is 10.6 Å². The SMILES string of the molecule is C=CC(=O)N1CCN(c2nc(=O)n(C(/C(C)=C\C)=C(/N=C)C(C)C)c3nc(-c4c(O)cccc4F)c(F)cc23)[C@@H](C)C1. The standard InChI is InChI=1S/C31H34F2N6O3/c1-8-18(5)28(26(34-7)17(3)4)39-30-20(15-22(33)27(35-30)25-21(32)11-10-12-23(25)40)29(36-31(39)42)38-14-13-37(16-19(38)6)24(41)9-2/h8-12,15,17,19,40H,2,7,13-14,16H2,1,3-6H3/b18-8-,28-26+/t19-/m0/s1. The average molecular weight is 577 g/mol. The van der Waals surface area contributed by atoms with Gasteiger partial charge in [0.05, 0.1) is 22.3 Å². The third-order valence-electron chi connectivity index (χ3n) is 7.41. The van der Waals surface area contributed by atoms with Crippen molar-refractivity contribution in [3.8, 4) is 17.0 Å². The molecule has 1 aromatic carbocycles. The van der Waals surface area contributed by atoms with Crippen LogP contribution in [0.15, 0.2) is 64.1 Å². The predicted molar refractivity (Wildman–Crippen MR) is 161 cm³/mol. The molecule has 2 aromatic heterocycles. The molecule has 1 atom stereocenters. The van der Waals surface area contributed by atoms with Crippen molar-refractivity contribution in [3.63, 3.8) is 0 Å². The molecule has 0 unspecified atom stereocenters. The molecule has 1 aliphatic rings. The molecule has 1 N–H and O–H groups in total. The van der Waals surface area contributed by atoms with E-state index in [9.17, 15) is 19.1 Å². The number of rotatable bonds is 7. The van der Waals surface area contributed by atoms with Crippen molar-refractivity contribution in [1.29, 1.82) is 0 Å². The largest absolute Gasteiger partial charge is 0.507 e. The Hall–Kier alpha value is -4.67. The average Bonchev–Trinajstić information content (AvgIpc) is 2.95. The number of hydrogen-bond donors (Lipinski definition) is 1. The van der Waals surface area contributed by atoms with Gasteiger partial charge in [-0.25, -0.2) is 23.1 Å². The highest BCUT2D eigenvalue weighted by molar-refractivity contribution is 5.93. The predicted octanol–water partition coefficient (Wildman–Crippen LogP) is 5.16. The van der Waals surface area contributed by atoms with E-state index < -0.39 is 34.3 Å². The second kappa shape index (κ2) is 12.1. The molecule has 0 spiro atoms. The maximum atomic E-state index is 15.8. The van der Waals surface area contributed by atoms with E-state index in [4.69, 9.17) is 0 Å². The van der Waals surface area contributed by atoms with Crippen LogP contribution in [0.2, 0.25) is 0 Å². The first-order valence-corrected chi connectivity index (χ1v) is 13.6. The first-order chi connectivity index (χ1) is 19.9. The first kappa shape index (κ1) is 30.3. The van der Waals surface area contributed by atoms with E-state index in [1.54, 1.807) is 24.8 Å². The van der Waals surface area contributed by atoms with Gasteiger partial charge in [0.2, 0.25) is 5.91 Å². The minimum absolute atomic E-state index is 0.00106. The number of amides is 1. The normalized spacial score (nSPS) is 16.6. The number of phenolic OH excluding ortho intramolecular Hbond substituents is 1. The molecule has 220 valence electrons. The van der Waals surface area contributed by atoms with Crippen LogP contribution in [0.4, 0.5) is 14.6 Å². The number of aromatic nitrogens is 3. The maximum absolute atomic E-state index is 15.8. The maximum Gasteiger partial charge on any atom is 0.355 e.